The number of carbonyl (C=O) groups excluding carboxylic acids is 2. The Morgan fingerprint density at radius 2 is 1.61 bits per heavy atom. The quantitative estimate of drug-likeness (QED) is 0.354. The van der Waals surface area contributed by atoms with Crippen LogP contribution in [0.1, 0.15) is 23.6 Å². The zero-order valence-electron chi connectivity index (χ0n) is 21.5. The smallest absolute Gasteiger partial charge is 0.244 e. The molecule has 0 radical (unpaired) electrons. The fourth-order valence-electron chi connectivity index (χ4n) is 4.10. The summed E-state index contributed by atoms with van der Waals surface area (Å²) in [4.78, 5) is 28.8. The number of hydrogen-bond acceptors (Lipinski definition) is 4. The van der Waals surface area contributed by atoms with Crippen LogP contribution >= 0.6 is 23.2 Å². The average Bonchev–Trinajstić information content (AvgIpc) is 2.87. The lowest BCUT2D eigenvalue weighted by atomic mass is 10.0. The van der Waals surface area contributed by atoms with Gasteiger partial charge in [-0.05, 0) is 42.7 Å². The van der Waals surface area contributed by atoms with E-state index < -0.39 is 28.5 Å². The lowest BCUT2D eigenvalue weighted by Crippen LogP contribution is -2.53. The molecule has 10 heteroatoms. The molecular weight excluding hydrogens is 545 g/mol. The van der Waals surface area contributed by atoms with E-state index in [0.29, 0.717) is 6.54 Å². The van der Waals surface area contributed by atoms with Gasteiger partial charge in [-0.15, -0.1) is 0 Å². The van der Waals surface area contributed by atoms with Gasteiger partial charge < -0.3 is 10.2 Å². The molecule has 1 N–H and O–H groups in total. The van der Waals surface area contributed by atoms with Crippen molar-refractivity contribution in [1.29, 1.82) is 0 Å². The molecule has 0 aliphatic carbocycles. The Morgan fingerprint density at radius 1 is 0.947 bits per heavy atom. The van der Waals surface area contributed by atoms with Crippen LogP contribution in [0.25, 0.3) is 0 Å². The highest BCUT2D eigenvalue weighted by Gasteiger charge is 2.33. The molecule has 3 rings (SSSR count). The summed E-state index contributed by atoms with van der Waals surface area (Å²) in [5.74, 6) is -0.883. The van der Waals surface area contributed by atoms with Crippen LogP contribution in [-0.4, -0.2) is 50.5 Å². The number of carbonyl (C=O) groups is 2. The predicted molar refractivity (Wildman–Crippen MR) is 153 cm³/mol. The van der Waals surface area contributed by atoms with Crippen LogP contribution in [0.5, 0.6) is 0 Å². The van der Waals surface area contributed by atoms with Gasteiger partial charge in [-0.3, -0.25) is 13.9 Å². The van der Waals surface area contributed by atoms with Crippen molar-refractivity contribution in [3.63, 3.8) is 0 Å². The maximum atomic E-state index is 14.0. The molecule has 0 saturated heterocycles. The second kappa shape index (κ2) is 13.1. The highest BCUT2D eigenvalue weighted by molar-refractivity contribution is 7.92. The van der Waals surface area contributed by atoms with E-state index in [0.717, 1.165) is 27.3 Å². The minimum atomic E-state index is -3.94. The number of anilines is 1. The second-order valence-electron chi connectivity index (χ2n) is 8.89. The summed E-state index contributed by atoms with van der Waals surface area (Å²) in [7, 11) is -3.94. The molecule has 0 aromatic heterocycles. The molecule has 0 bridgehead atoms. The third-order valence-corrected chi connectivity index (χ3v) is 8.04. The molecule has 0 aliphatic rings. The maximum Gasteiger partial charge on any atom is 0.244 e. The van der Waals surface area contributed by atoms with Gasteiger partial charge in [-0.1, -0.05) is 83.9 Å². The second-order valence-corrected chi connectivity index (χ2v) is 11.6. The van der Waals surface area contributed by atoms with Gasteiger partial charge in [0.2, 0.25) is 21.8 Å². The van der Waals surface area contributed by atoms with E-state index in [1.54, 1.807) is 13.0 Å². The lowest BCUT2D eigenvalue weighted by Gasteiger charge is -2.34. The van der Waals surface area contributed by atoms with E-state index in [-0.39, 0.29) is 34.6 Å². The topological polar surface area (TPSA) is 86.8 Å². The highest BCUT2D eigenvalue weighted by Crippen LogP contribution is 2.34. The van der Waals surface area contributed by atoms with Gasteiger partial charge in [-0.25, -0.2) is 8.42 Å². The number of amides is 2. The summed E-state index contributed by atoms with van der Waals surface area (Å²) < 4.78 is 26.6. The van der Waals surface area contributed by atoms with Crippen molar-refractivity contribution in [1.82, 2.24) is 10.2 Å². The van der Waals surface area contributed by atoms with E-state index in [1.165, 1.54) is 17.0 Å². The molecule has 0 spiro atoms. The predicted octanol–water partition coefficient (Wildman–Crippen LogP) is 4.84. The summed E-state index contributed by atoms with van der Waals surface area (Å²) in [5.41, 5.74) is 2.74. The Balaban J connectivity index is 2.08. The largest absolute Gasteiger partial charge is 0.355 e. The molecule has 1 atom stereocenters. The number of nitrogens with zero attached hydrogens (tertiary/aromatic N) is 2. The number of sulfonamides is 1. The first kappa shape index (κ1) is 29.5. The van der Waals surface area contributed by atoms with Gasteiger partial charge in [0.05, 0.1) is 22.0 Å². The number of hydrogen-bond donors (Lipinski definition) is 1. The molecule has 0 saturated carbocycles. The first-order valence-electron chi connectivity index (χ1n) is 12.1. The molecule has 0 heterocycles. The van der Waals surface area contributed by atoms with Crippen molar-refractivity contribution in [3.8, 4) is 0 Å². The Kier molecular flexibility index (Phi) is 10.2. The van der Waals surface area contributed by atoms with Crippen molar-refractivity contribution in [3.05, 3.63) is 99.5 Å². The summed E-state index contributed by atoms with van der Waals surface area (Å²) in [6.07, 6.45) is 1.25. The molecular formula is C28H31Cl2N3O4S. The van der Waals surface area contributed by atoms with Crippen LogP contribution in [0.3, 0.4) is 0 Å². The Labute approximate surface area is 234 Å². The minimum Gasteiger partial charge on any atom is -0.355 e. The van der Waals surface area contributed by atoms with E-state index in [1.807, 2.05) is 61.5 Å². The number of nitrogens with one attached hydrogen (secondary N) is 1. The van der Waals surface area contributed by atoms with Crippen LogP contribution < -0.4 is 9.62 Å². The van der Waals surface area contributed by atoms with Crippen LogP contribution in [0.2, 0.25) is 10.0 Å². The van der Waals surface area contributed by atoms with Crippen LogP contribution in [-0.2, 0) is 32.6 Å². The molecule has 7 nitrogen and oxygen atoms in total. The third-order valence-electron chi connectivity index (χ3n) is 6.10. The van der Waals surface area contributed by atoms with Gasteiger partial charge in [0.1, 0.15) is 12.6 Å². The molecule has 2 amide bonds. The standard InChI is InChI=1S/C28H31Cl2N3O4S/c1-4-31-28(35)25(17-21-12-6-5-7-13-21)32(18-22-14-9-8-11-20(22)2)26(34)19-33(38(3,36)37)24-16-10-15-23(29)27(24)30/h5-16,25H,4,17-19H2,1-3H3,(H,31,35)/t25-/m0/s1. The van der Waals surface area contributed by atoms with Gasteiger partial charge in [0.15, 0.2) is 0 Å². The zero-order valence-corrected chi connectivity index (χ0v) is 23.9. The number of aryl methyl sites for hydroxylation is 1. The molecule has 38 heavy (non-hydrogen) atoms. The first-order chi connectivity index (χ1) is 18.0. The molecule has 3 aromatic rings. The Bertz CT molecular complexity index is 1380. The first-order valence-corrected chi connectivity index (χ1v) is 14.7. The molecule has 202 valence electrons. The third kappa shape index (κ3) is 7.49. The zero-order chi connectivity index (χ0) is 27.9. The van der Waals surface area contributed by atoms with Crippen LogP contribution in [0, 0.1) is 6.92 Å². The maximum absolute atomic E-state index is 14.0. The number of halogens is 2. The molecule has 0 aliphatic heterocycles. The van der Waals surface area contributed by atoms with Gasteiger partial charge in [-0.2, -0.15) is 0 Å². The van der Waals surface area contributed by atoms with Crippen LogP contribution in [0.4, 0.5) is 5.69 Å². The van der Waals surface area contributed by atoms with Crippen molar-refractivity contribution in [2.75, 3.05) is 23.7 Å². The fraction of sp³-hybridized carbons (Fsp3) is 0.286. The van der Waals surface area contributed by atoms with E-state index in [9.17, 15) is 18.0 Å². The molecule has 3 aromatic carbocycles. The Hall–Kier alpha value is -3.07. The molecule has 0 unspecified atom stereocenters. The molecule has 0 fully saturated rings. The van der Waals surface area contributed by atoms with Gasteiger partial charge >= 0.3 is 0 Å². The normalized spacial score (nSPS) is 12.0. The van der Waals surface area contributed by atoms with Crippen molar-refractivity contribution < 1.29 is 18.0 Å². The van der Waals surface area contributed by atoms with Gasteiger partial charge in [0.25, 0.3) is 0 Å². The van der Waals surface area contributed by atoms with E-state index in [2.05, 4.69) is 5.32 Å². The SMILES string of the molecule is CCNC(=O)[C@H](Cc1ccccc1)N(Cc1ccccc1C)C(=O)CN(c1cccc(Cl)c1Cl)S(C)(=O)=O. The summed E-state index contributed by atoms with van der Waals surface area (Å²) >= 11 is 12.5. The van der Waals surface area contributed by atoms with E-state index >= 15 is 0 Å². The van der Waals surface area contributed by atoms with Gasteiger partial charge in [0, 0.05) is 19.5 Å². The fourth-order valence-corrected chi connectivity index (χ4v) is 5.40. The Morgan fingerprint density at radius 3 is 2.24 bits per heavy atom. The number of rotatable bonds is 11. The highest BCUT2D eigenvalue weighted by atomic mass is 35.5. The number of benzene rings is 3. The van der Waals surface area contributed by atoms with E-state index in [4.69, 9.17) is 23.2 Å². The van der Waals surface area contributed by atoms with Crippen molar-refractivity contribution in [2.45, 2.75) is 32.9 Å². The lowest BCUT2D eigenvalue weighted by molar-refractivity contribution is -0.140. The average molecular weight is 577 g/mol. The summed E-state index contributed by atoms with van der Waals surface area (Å²) in [6, 6.07) is 20.6. The monoisotopic (exact) mass is 575 g/mol. The summed E-state index contributed by atoms with van der Waals surface area (Å²) in [6.45, 7) is 3.66. The summed E-state index contributed by atoms with van der Waals surface area (Å²) in [5, 5.41) is 3.00. The number of likely N-dealkylation sites (N-methyl/N-ethyl adjacent to an activating group) is 1. The van der Waals surface area contributed by atoms with Crippen molar-refractivity contribution in [2.24, 2.45) is 0 Å². The minimum absolute atomic E-state index is 0.0161. The van der Waals surface area contributed by atoms with Crippen molar-refractivity contribution >= 4 is 50.7 Å². The van der Waals surface area contributed by atoms with Crippen LogP contribution in [0.15, 0.2) is 72.8 Å².